The third-order valence-electron chi connectivity index (χ3n) is 2.65. The van der Waals surface area contributed by atoms with E-state index in [4.69, 9.17) is 4.42 Å². The van der Waals surface area contributed by atoms with Crippen LogP contribution in [-0.4, -0.2) is 5.78 Å². The molecular formula is C12H14O2. The predicted molar refractivity (Wildman–Crippen MR) is 54.6 cm³/mol. The maximum Gasteiger partial charge on any atom is 0.163 e. The molecule has 2 nitrogen and oxygen atoms in total. The number of rotatable bonds is 1. The van der Waals surface area contributed by atoms with Crippen LogP contribution >= 0.6 is 0 Å². The average Bonchev–Trinajstić information content (AvgIpc) is 2.31. The molecule has 0 saturated carbocycles. The minimum Gasteiger partial charge on any atom is -0.465 e. The van der Waals surface area contributed by atoms with E-state index in [1.54, 1.807) is 6.92 Å². The van der Waals surface area contributed by atoms with Crippen molar-refractivity contribution in [1.82, 2.24) is 0 Å². The average molecular weight is 190 g/mol. The van der Waals surface area contributed by atoms with E-state index in [9.17, 15) is 4.79 Å². The Morgan fingerprint density at radius 3 is 2.93 bits per heavy atom. The fraction of sp³-hybridized carbons (Fsp3) is 0.417. The molecule has 0 bridgehead atoms. The first-order valence-corrected chi connectivity index (χ1v) is 4.97. The van der Waals surface area contributed by atoms with Gasteiger partial charge in [0.1, 0.15) is 11.5 Å². The second-order valence-corrected chi connectivity index (χ2v) is 3.71. The van der Waals surface area contributed by atoms with Crippen LogP contribution in [0.2, 0.25) is 0 Å². The number of carbonyl (C=O) groups is 1. The number of ketones is 1. The van der Waals surface area contributed by atoms with Crippen molar-refractivity contribution in [2.45, 2.75) is 33.1 Å². The first-order valence-electron chi connectivity index (χ1n) is 4.97. The van der Waals surface area contributed by atoms with Gasteiger partial charge in [0, 0.05) is 12.0 Å². The van der Waals surface area contributed by atoms with Gasteiger partial charge in [-0.2, -0.15) is 0 Å². The molecule has 2 rings (SSSR count). The first kappa shape index (κ1) is 9.25. The van der Waals surface area contributed by atoms with E-state index in [2.05, 4.69) is 12.2 Å². The monoisotopic (exact) mass is 190 g/mol. The van der Waals surface area contributed by atoms with Crippen molar-refractivity contribution in [2.24, 2.45) is 0 Å². The van der Waals surface area contributed by atoms with Crippen molar-refractivity contribution >= 4 is 5.78 Å². The van der Waals surface area contributed by atoms with E-state index in [-0.39, 0.29) is 5.78 Å². The summed E-state index contributed by atoms with van der Waals surface area (Å²) in [4.78, 5) is 11.4. The van der Waals surface area contributed by atoms with Crippen LogP contribution in [0.3, 0.4) is 0 Å². The number of furan rings is 1. The standard InChI is InChI=1S/C12H14O2/c1-8(13)12-9(2)14-11-7-5-3-4-6-10(11)12/h3-4H,5-7H2,1-2H3. The summed E-state index contributed by atoms with van der Waals surface area (Å²) in [6, 6.07) is 0. The summed E-state index contributed by atoms with van der Waals surface area (Å²) in [7, 11) is 0. The third-order valence-corrected chi connectivity index (χ3v) is 2.65. The van der Waals surface area contributed by atoms with Gasteiger partial charge in [-0.1, -0.05) is 12.2 Å². The van der Waals surface area contributed by atoms with E-state index >= 15 is 0 Å². The fourth-order valence-corrected chi connectivity index (χ4v) is 2.06. The van der Waals surface area contributed by atoms with Crippen LogP contribution in [0.25, 0.3) is 0 Å². The molecule has 1 aromatic heterocycles. The summed E-state index contributed by atoms with van der Waals surface area (Å²) < 4.78 is 5.62. The Kier molecular flexibility index (Phi) is 2.28. The third kappa shape index (κ3) is 1.41. The Balaban J connectivity index is 2.54. The fourth-order valence-electron chi connectivity index (χ4n) is 2.06. The van der Waals surface area contributed by atoms with Crippen molar-refractivity contribution in [3.63, 3.8) is 0 Å². The molecular weight excluding hydrogens is 176 g/mol. The predicted octanol–water partition coefficient (Wildman–Crippen LogP) is 2.84. The lowest BCUT2D eigenvalue weighted by atomic mass is 10.0. The molecule has 0 radical (unpaired) electrons. The molecule has 0 atom stereocenters. The minimum atomic E-state index is 0.114. The highest BCUT2D eigenvalue weighted by Gasteiger charge is 2.20. The number of carbonyl (C=O) groups excluding carboxylic acids is 1. The molecule has 14 heavy (non-hydrogen) atoms. The lowest BCUT2D eigenvalue weighted by molar-refractivity contribution is 0.101. The molecule has 0 amide bonds. The van der Waals surface area contributed by atoms with Crippen molar-refractivity contribution in [2.75, 3.05) is 0 Å². The number of hydrogen-bond donors (Lipinski definition) is 0. The summed E-state index contributed by atoms with van der Waals surface area (Å²) in [5.41, 5.74) is 1.90. The summed E-state index contributed by atoms with van der Waals surface area (Å²) in [6.07, 6.45) is 7.03. The summed E-state index contributed by atoms with van der Waals surface area (Å²) in [5, 5.41) is 0. The highest BCUT2D eigenvalue weighted by molar-refractivity contribution is 5.96. The van der Waals surface area contributed by atoms with E-state index in [0.717, 1.165) is 41.9 Å². The molecule has 1 aliphatic carbocycles. The van der Waals surface area contributed by atoms with Gasteiger partial charge in [-0.25, -0.2) is 0 Å². The molecule has 0 spiro atoms. The molecule has 0 aliphatic heterocycles. The van der Waals surface area contributed by atoms with Gasteiger partial charge in [-0.3, -0.25) is 4.79 Å². The van der Waals surface area contributed by atoms with Crippen LogP contribution in [0.15, 0.2) is 16.6 Å². The van der Waals surface area contributed by atoms with Crippen LogP contribution in [0.5, 0.6) is 0 Å². The van der Waals surface area contributed by atoms with E-state index < -0.39 is 0 Å². The second kappa shape index (κ2) is 3.45. The van der Waals surface area contributed by atoms with Gasteiger partial charge >= 0.3 is 0 Å². The highest BCUT2D eigenvalue weighted by atomic mass is 16.3. The minimum absolute atomic E-state index is 0.114. The van der Waals surface area contributed by atoms with Crippen LogP contribution < -0.4 is 0 Å². The van der Waals surface area contributed by atoms with Gasteiger partial charge in [0.2, 0.25) is 0 Å². The Hall–Kier alpha value is -1.31. The van der Waals surface area contributed by atoms with Gasteiger partial charge in [0.25, 0.3) is 0 Å². The zero-order chi connectivity index (χ0) is 10.1. The molecule has 1 aliphatic rings. The summed E-state index contributed by atoms with van der Waals surface area (Å²) in [5.74, 6) is 1.89. The van der Waals surface area contributed by atoms with Crippen molar-refractivity contribution in [1.29, 1.82) is 0 Å². The Morgan fingerprint density at radius 2 is 2.21 bits per heavy atom. The summed E-state index contributed by atoms with van der Waals surface area (Å²) >= 11 is 0. The number of fused-ring (bicyclic) bond motifs is 1. The summed E-state index contributed by atoms with van der Waals surface area (Å²) in [6.45, 7) is 3.47. The molecule has 2 heteroatoms. The van der Waals surface area contributed by atoms with E-state index in [1.807, 2.05) is 6.92 Å². The Bertz CT molecular complexity index is 397. The molecule has 74 valence electrons. The van der Waals surface area contributed by atoms with Gasteiger partial charge in [-0.15, -0.1) is 0 Å². The SMILES string of the molecule is CC(=O)c1c(C)oc2c1CC=CCC2. The largest absolute Gasteiger partial charge is 0.465 e. The molecule has 1 aromatic rings. The second-order valence-electron chi connectivity index (χ2n) is 3.71. The molecule has 0 aromatic carbocycles. The lowest BCUT2D eigenvalue weighted by Gasteiger charge is -1.97. The number of aryl methyl sites for hydroxylation is 2. The van der Waals surface area contributed by atoms with Crippen molar-refractivity contribution in [3.8, 4) is 0 Å². The zero-order valence-electron chi connectivity index (χ0n) is 8.59. The van der Waals surface area contributed by atoms with Crippen LogP contribution in [-0.2, 0) is 12.8 Å². The van der Waals surface area contributed by atoms with Crippen molar-refractivity contribution < 1.29 is 9.21 Å². The first-order chi connectivity index (χ1) is 6.70. The Morgan fingerprint density at radius 1 is 1.43 bits per heavy atom. The highest BCUT2D eigenvalue weighted by Crippen LogP contribution is 2.26. The van der Waals surface area contributed by atoms with Crippen LogP contribution in [0.1, 0.15) is 40.8 Å². The normalized spacial score (nSPS) is 15.0. The topological polar surface area (TPSA) is 30.2 Å². The lowest BCUT2D eigenvalue weighted by Crippen LogP contribution is -1.98. The number of Topliss-reactive ketones (excluding diaryl/α,β-unsaturated/α-hetero) is 1. The van der Waals surface area contributed by atoms with E-state index in [0.29, 0.717) is 0 Å². The maximum atomic E-state index is 11.4. The molecule has 0 saturated heterocycles. The smallest absolute Gasteiger partial charge is 0.163 e. The molecule has 0 fully saturated rings. The molecule has 0 unspecified atom stereocenters. The van der Waals surface area contributed by atoms with Gasteiger partial charge in [-0.05, 0) is 26.7 Å². The maximum absolute atomic E-state index is 11.4. The molecule has 1 heterocycles. The Labute approximate surface area is 83.6 Å². The van der Waals surface area contributed by atoms with Gasteiger partial charge in [0.15, 0.2) is 5.78 Å². The number of hydrogen-bond acceptors (Lipinski definition) is 2. The number of allylic oxidation sites excluding steroid dienone is 2. The van der Waals surface area contributed by atoms with Crippen molar-refractivity contribution in [3.05, 3.63) is 34.8 Å². The molecule has 0 N–H and O–H groups in total. The zero-order valence-corrected chi connectivity index (χ0v) is 8.59. The quantitative estimate of drug-likeness (QED) is 0.503. The van der Waals surface area contributed by atoms with Gasteiger partial charge in [0.05, 0.1) is 5.56 Å². The van der Waals surface area contributed by atoms with Crippen LogP contribution in [0, 0.1) is 6.92 Å². The van der Waals surface area contributed by atoms with Crippen LogP contribution in [0.4, 0.5) is 0 Å². The van der Waals surface area contributed by atoms with E-state index in [1.165, 1.54) is 0 Å². The van der Waals surface area contributed by atoms with Gasteiger partial charge < -0.3 is 4.42 Å².